The van der Waals surface area contributed by atoms with Crippen molar-refractivity contribution in [3.05, 3.63) is 52.5 Å². The SMILES string of the molecule is Cc1nn(Cc2ccccc2)c2sc(C(=O)NNC(=S)NCCC(C)C)cc12. The number of aromatic nitrogens is 2. The van der Waals surface area contributed by atoms with E-state index in [2.05, 4.69) is 47.2 Å². The van der Waals surface area contributed by atoms with Gasteiger partial charge in [0.1, 0.15) is 4.83 Å². The van der Waals surface area contributed by atoms with Gasteiger partial charge in [-0.05, 0) is 43.1 Å². The Bertz CT molecular complexity index is 962. The maximum atomic E-state index is 12.5. The Morgan fingerprint density at radius 1 is 1.25 bits per heavy atom. The van der Waals surface area contributed by atoms with Gasteiger partial charge in [-0.25, -0.2) is 0 Å². The summed E-state index contributed by atoms with van der Waals surface area (Å²) in [7, 11) is 0. The lowest BCUT2D eigenvalue weighted by Gasteiger charge is -2.11. The highest BCUT2D eigenvalue weighted by Crippen LogP contribution is 2.28. The van der Waals surface area contributed by atoms with Crippen LogP contribution in [-0.2, 0) is 6.54 Å². The summed E-state index contributed by atoms with van der Waals surface area (Å²) < 4.78 is 1.95. The molecule has 148 valence electrons. The molecule has 0 saturated carbocycles. The van der Waals surface area contributed by atoms with Crippen molar-refractivity contribution in [1.82, 2.24) is 25.9 Å². The maximum Gasteiger partial charge on any atom is 0.279 e. The van der Waals surface area contributed by atoms with Crippen LogP contribution in [0.15, 0.2) is 36.4 Å². The number of hydrogen-bond donors (Lipinski definition) is 3. The molecule has 0 spiro atoms. The molecule has 0 aliphatic heterocycles. The number of hydrogen-bond acceptors (Lipinski definition) is 4. The van der Waals surface area contributed by atoms with Crippen molar-refractivity contribution in [3.63, 3.8) is 0 Å². The molecule has 2 aromatic heterocycles. The number of fused-ring (bicyclic) bond motifs is 1. The van der Waals surface area contributed by atoms with E-state index in [0.717, 1.165) is 28.9 Å². The third kappa shape index (κ3) is 5.08. The Labute approximate surface area is 174 Å². The quantitative estimate of drug-likeness (QED) is 0.424. The molecule has 6 nitrogen and oxygen atoms in total. The first kappa shape index (κ1) is 20.3. The molecule has 0 saturated heterocycles. The zero-order valence-electron chi connectivity index (χ0n) is 16.3. The van der Waals surface area contributed by atoms with Gasteiger partial charge in [0.05, 0.1) is 17.1 Å². The smallest absolute Gasteiger partial charge is 0.279 e. The predicted octanol–water partition coefficient (Wildman–Crippen LogP) is 3.61. The Morgan fingerprint density at radius 2 is 2.00 bits per heavy atom. The summed E-state index contributed by atoms with van der Waals surface area (Å²) in [6.45, 7) is 7.72. The number of thiophene rings is 1. The van der Waals surface area contributed by atoms with Gasteiger partial charge in [0.25, 0.3) is 5.91 Å². The summed E-state index contributed by atoms with van der Waals surface area (Å²) in [6, 6.07) is 12.1. The van der Waals surface area contributed by atoms with E-state index in [1.807, 2.05) is 35.9 Å². The number of carbonyl (C=O) groups excluding carboxylic acids is 1. The number of benzene rings is 1. The number of thiocarbonyl (C=S) groups is 1. The molecule has 0 fully saturated rings. The summed E-state index contributed by atoms with van der Waals surface area (Å²) >= 11 is 6.62. The number of rotatable bonds is 6. The highest BCUT2D eigenvalue weighted by atomic mass is 32.1. The van der Waals surface area contributed by atoms with E-state index >= 15 is 0 Å². The second-order valence-electron chi connectivity index (χ2n) is 7.08. The Kier molecular flexibility index (Phi) is 6.64. The van der Waals surface area contributed by atoms with Crippen molar-refractivity contribution >= 4 is 44.8 Å². The predicted molar refractivity (Wildman–Crippen MR) is 119 cm³/mol. The standard InChI is InChI=1S/C20H25N5OS2/c1-13(2)9-10-21-20(27)23-22-18(26)17-11-16-14(3)24-25(19(16)28-17)12-15-7-5-4-6-8-15/h4-8,11,13H,9-10,12H2,1-3H3,(H,22,26)(H2,21,23,27). The third-order valence-corrected chi connectivity index (χ3v) is 5.70. The zero-order valence-corrected chi connectivity index (χ0v) is 17.9. The van der Waals surface area contributed by atoms with Gasteiger partial charge >= 0.3 is 0 Å². The molecule has 3 aromatic rings. The van der Waals surface area contributed by atoms with Crippen LogP contribution >= 0.6 is 23.6 Å². The normalized spacial score (nSPS) is 11.0. The van der Waals surface area contributed by atoms with Crippen LogP contribution in [0.2, 0.25) is 0 Å². The van der Waals surface area contributed by atoms with Crippen molar-refractivity contribution in [1.29, 1.82) is 0 Å². The van der Waals surface area contributed by atoms with Gasteiger partial charge in [-0.3, -0.25) is 20.3 Å². The average molecular weight is 416 g/mol. The molecule has 0 atom stereocenters. The largest absolute Gasteiger partial charge is 0.361 e. The fourth-order valence-electron chi connectivity index (χ4n) is 2.78. The van der Waals surface area contributed by atoms with Crippen molar-refractivity contribution in [3.8, 4) is 0 Å². The van der Waals surface area contributed by atoms with E-state index in [-0.39, 0.29) is 5.91 Å². The molecule has 0 radical (unpaired) electrons. The minimum absolute atomic E-state index is 0.208. The Morgan fingerprint density at radius 3 is 2.71 bits per heavy atom. The van der Waals surface area contributed by atoms with Crippen molar-refractivity contribution in [2.75, 3.05) is 6.54 Å². The minimum Gasteiger partial charge on any atom is -0.361 e. The molecule has 2 heterocycles. The van der Waals surface area contributed by atoms with Crippen molar-refractivity contribution in [2.45, 2.75) is 33.7 Å². The molecular weight excluding hydrogens is 390 g/mol. The molecule has 1 amide bonds. The molecule has 28 heavy (non-hydrogen) atoms. The number of nitrogens with zero attached hydrogens (tertiary/aromatic N) is 2. The first-order chi connectivity index (χ1) is 13.4. The topological polar surface area (TPSA) is 71.0 Å². The van der Waals surface area contributed by atoms with E-state index in [4.69, 9.17) is 12.2 Å². The van der Waals surface area contributed by atoms with Crippen LogP contribution in [0.3, 0.4) is 0 Å². The lowest BCUT2D eigenvalue weighted by molar-refractivity contribution is 0.0948. The summed E-state index contributed by atoms with van der Waals surface area (Å²) in [5.41, 5.74) is 7.52. The molecule has 0 unspecified atom stereocenters. The zero-order chi connectivity index (χ0) is 20.1. The molecular formula is C20H25N5OS2. The van der Waals surface area contributed by atoms with Gasteiger partial charge in [-0.1, -0.05) is 44.2 Å². The van der Waals surface area contributed by atoms with Gasteiger partial charge in [-0.2, -0.15) is 5.10 Å². The second-order valence-corrected chi connectivity index (χ2v) is 8.51. The Balaban J connectivity index is 1.64. The first-order valence-corrected chi connectivity index (χ1v) is 10.5. The van der Waals surface area contributed by atoms with E-state index in [9.17, 15) is 4.79 Å². The van der Waals surface area contributed by atoms with E-state index in [0.29, 0.717) is 22.5 Å². The van der Waals surface area contributed by atoms with Gasteiger partial charge in [0.15, 0.2) is 5.11 Å². The fourth-order valence-corrected chi connectivity index (χ4v) is 3.99. The second kappa shape index (κ2) is 9.16. The molecule has 0 aliphatic rings. The third-order valence-electron chi connectivity index (χ3n) is 4.30. The fraction of sp³-hybridized carbons (Fsp3) is 0.350. The number of carbonyl (C=O) groups is 1. The lowest BCUT2D eigenvalue weighted by Crippen LogP contribution is -2.46. The highest BCUT2D eigenvalue weighted by molar-refractivity contribution is 7.80. The summed E-state index contributed by atoms with van der Waals surface area (Å²) in [6.07, 6.45) is 1.02. The van der Waals surface area contributed by atoms with E-state index < -0.39 is 0 Å². The number of hydrazine groups is 1. The molecule has 8 heteroatoms. The van der Waals surface area contributed by atoms with Crippen LogP contribution in [-0.4, -0.2) is 27.3 Å². The van der Waals surface area contributed by atoms with E-state index in [1.165, 1.54) is 16.9 Å². The molecule has 3 N–H and O–H groups in total. The Hall–Kier alpha value is -2.45. The number of aryl methyl sites for hydroxylation is 1. The van der Waals surface area contributed by atoms with E-state index in [1.54, 1.807) is 0 Å². The van der Waals surface area contributed by atoms with Crippen molar-refractivity contribution in [2.24, 2.45) is 5.92 Å². The maximum absolute atomic E-state index is 12.5. The van der Waals surface area contributed by atoms with Crippen LogP contribution < -0.4 is 16.2 Å². The average Bonchev–Trinajstić information content (AvgIpc) is 3.22. The van der Waals surface area contributed by atoms with Gasteiger partial charge in [-0.15, -0.1) is 11.3 Å². The lowest BCUT2D eigenvalue weighted by atomic mass is 10.1. The molecule has 0 aliphatic carbocycles. The van der Waals surface area contributed by atoms with Gasteiger partial charge < -0.3 is 5.32 Å². The van der Waals surface area contributed by atoms with Gasteiger partial charge in [0, 0.05) is 11.9 Å². The molecule has 0 bridgehead atoms. The minimum atomic E-state index is -0.208. The highest BCUT2D eigenvalue weighted by Gasteiger charge is 2.16. The van der Waals surface area contributed by atoms with Crippen LogP contribution in [0, 0.1) is 12.8 Å². The van der Waals surface area contributed by atoms with Crippen LogP contribution in [0.4, 0.5) is 0 Å². The van der Waals surface area contributed by atoms with Gasteiger partial charge in [0.2, 0.25) is 0 Å². The van der Waals surface area contributed by atoms with Crippen LogP contribution in [0.1, 0.15) is 41.2 Å². The van der Waals surface area contributed by atoms with Crippen LogP contribution in [0.5, 0.6) is 0 Å². The summed E-state index contributed by atoms with van der Waals surface area (Å²) in [5.74, 6) is 0.391. The van der Waals surface area contributed by atoms with Crippen LogP contribution in [0.25, 0.3) is 10.2 Å². The number of amides is 1. The monoisotopic (exact) mass is 415 g/mol. The first-order valence-electron chi connectivity index (χ1n) is 9.29. The summed E-state index contributed by atoms with van der Waals surface area (Å²) in [5, 5.41) is 9.12. The summed E-state index contributed by atoms with van der Waals surface area (Å²) in [4.78, 5) is 14.1. The molecule has 1 aromatic carbocycles. The number of nitrogens with one attached hydrogen (secondary N) is 3. The molecule has 3 rings (SSSR count). The van der Waals surface area contributed by atoms with Crippen molar-refractivity contribution < 1.29 is 4.79 Å².